The van der Waals surface area contributed by atoms with E-state index in [1.807, 2.05) is 18.2 Å². The molecule has 2 aromatic heterocycles. The second-order valence-electron chi connectivity index (χ2n) is 9.46. The maximum atomic E-state index is 12.8. The summed E-state index contributed by atoms with van der Waals surface area (Å²) < 4.78 is 30.4. The quantitative estimate of drug-likeness (QED) is 0.445. The van der Waals surface area contributed by atoms with E-state index in [1.165, 1.54) is 17.3 Å². The van der Waals surface area contributed by atoms with E-state index in [0.29, 0.717) is 11.3 Å². The molecule has 0 saturated carbocycles. The van der Waals surface area contributed by atoms with Crippen molar-refractivity contribution in [2.45, 2.75) is 24.5 Å². The number of sulfone groups is 1. The second kappa shape index (κ2) is 9.24. The van der Waals surface area contributed by atoms with Gasteiger partial charge in [0.05, 0.1) is 47.3 Å². The predicted molar refractivity (Wildman–Crippen MR) is 141 cm³/mol. The average Bonchev–Trinajstić information content (AvgIpc) is 3.21. The normalized spacial score (nSPS) is 16.2. The lowest BCUT2D eigenvalue weighted by atomic mass is 10.1. The van der Waals surface area contributed by atoms with Crippen LogP contribution in [-0.4, -0.2) is 50.2 Å². The van der Waals surface area contributed by atoms with Crippen LogP contribution < -0.4 is 10.2 Å². The smallest absolute Gasteiger partial charge is 0.251 e. The minimum absolute atomic E-state index is 0.0940. The van der Waals surface area contributed by atoms with Gasteiger partial charge in [0.1, 0.15) is 0 Å². The topological polar surface area (TPSA) is 101 Å². The summed E-state index contributed by atoms with van der Waals surface area (Å²) in [6.07, 6.45) is 2.81. The van der Waals surface area contributed by atoms with E-state index in [2.05, 4.69) is 40.4 Å². The molecule has 37 heavy (non-hydrogen) atoms. The Morgan fingerprint density at radius 3 is 2.84 bits per heavy atom. The van der Waals surface area contributed by atoms with Crippen LogP contribution >= 0.6 is 0 Å². The van der Waals surface area contributed by atoms with Gasteiger partial charge in [0.2, 0.25) is 0 Å². The largest absolute Gasteiger partial charge is 0.376 e. The summed E-state index contributed by atoms with van der Waals surface area (Å²) >= 11 is 0. The van der Waals surface area contributed by atoms with E-state index in [1.54, 1.807) is 18.3 Å². The van der Waals surface area contributed by atoms with Gasteiger partial charge in [-0.3, -0.25) is 9.78 Å². The Morgan fingerprint density at radius 2 is 1.95 bits per heavy atom. The van der Waals surface area contributed by atoms with Crippen LogP contribution in [0.3, 0.4) is 0 Å². The van der Waals surface area contributed by atoms with Crippen LogP contribution in [-0.2, 0) is 34.1 Å². The number of hydrogen-bond acceptors (Lipinski definition) is 7. The molecular weight excluding hydrogens is 488 g/mol. The molecule has 0 aliphatic carbocycles. The van der Waals surface area contributed by atoms with Crippen molar-refractivity contribution in [2.24, 2.45) is 0 Å². The highest BCUT2D eigenvalue weighted by molar-refractivity contribution is 7.91. The maximum absolute atomic E-state index is 12.8. The molecule has 0 bridgehead atoms. The molecule has 0 saturated heterocycles. The molecule has 1 N–H and O–H groups in total. The van der Waals surface area contributed by atoms with Crippen LogP contribution in [0.4, 0.5) is 5.69 Å². The molecule has 1 amide bonds. The number of aromatic nitrogens is 2. The van der Waals surface area contributed by atoms with E-state index < -0.39 is 9.84 Å². The summed E-state index contributed by atoms with van der Waals surface area (Å²) in [5, 5.41) is 3.76. The van der Waals surface area contributed by atoms with Gasteiger partial charge in [-0.2, -0.15) is 0 Å². The monoisotopic (exact) mass is 514 g/mol. The molecule has 0 fully saturated rings. The first-order chi connectivity index (χ1) is 17.9. The highest BCUT2D eigenvalue weighted by atomic mass is 32.2. The van der Waals surface area contributed by atoms with Crippen molar-refractivity contribution >= 4 is 32.3 Å². The lowest BCUT2D eigenvalue weighted by Gasteiger charge is -2.13. The highest BCUT2D eigenvalue weighted by Crippen LogP contribution is 2.32. The molecule has 2 aromatic carbocycles. The fourth-order valence-electron chi connectivity index (χ4n) is 4.85. The van der Waals surface area contributed by atoms with Crippen molar-refractivity contribution in [2.75, 3.05) is 30.9 Å². The van der Waals surface area contributed by atoms with Crippen LogP contribution in [0.1, 0.15) is 27.2 Å². The third-order valence-electron chi connectivity index (χ3n) is 6.99. The van der Waals surface area contributed by atoms with Crippen LogP contribution in [0.25, 0.3) is 22.2 Å². The number of fused-ring (bicyclic) bond motifs is 3. The van der Waals surface area contributed by atoms with Gasteiger partial charge in [-0.15, -0.1) is 0 Å². The minimum Gasteiger partial charge on any atom is -0.376 e. The first-order valence-electron chi connectivity index (χ1n) is 12.2. The summed E-state index contributed by atoms with van der Waals surface area (Å²) in [5.41, 5.74) is 6.85. The van der Waals surface area contributed by atoms with Crippen molar-refractivity contribution in [3.8, 4) is 11.3 Å². The number of carbonyl (C=O) groups is 1. The van der Waals surface area contributed by atoms with Gasteiger partial charge in [0.15, 0.2) is 9.84 Å². The van der Waals surface area contributed by atoms with Crippen LogP contribution in [0, 0.1) is 0 Å². The molecule has 2 aliphatic rings. The fourth-order valence-corrected chi connectivity index (χ4v) is 6.24. The Hall–Kier alpha value is -3.82. The summed E-state index contributed by atoms with van der Waals surface area (Å²) in [4.78, 5) is 24.6. The van der Waals surface area contributed by atoms with E-state index in [-0.39, 0.29) is 41.9 Å². The molecule has 9 heteroatoms. The number of nitrogens with zero attached hydrogens (tertiary/aromatic N) is 3. The molecule has 4 heterocycles. The average molecular weight is 515 g/mol. The molecule has 8 nitrogen and oxygen atoms in total. The number of hydrogen-bond donors (Lipinski definition) is 1. The number of benzene rings is 2. The fraction of sp³-hybridized carbons (Fsp3) is 0.250. The van der Waals surface area contributed by atoms with Crippen LogP contribution in [0.2, 0.25) is 0 Å². The van der Waals surface area contributed by atoms with E-state index >= 15 is 0 Å². The lowest BCUT2D eigenvalue weighted by molar-refractivity contribution is 0.0950. The summed E-state index contributed by atoms with van der Waals surface area (Å²) in [6, 6.07) is 17.0. The van der Waals surface area contributed by atoms with Crippen molar-refractivity contribution in [3.63, 3.8) is 0 Å². The molecule has 0 atom stereocenters. The number of likely N-dealkylation sites (N-methyl/N-ethyl adjacent to an activating group) is 1. The van der Waals surface area contributed by atoms with E-state index in [9.17, 15) is 13.2 Å². The maximum Gasteiger partial charge on any atom is 0.251 e. The number of ether oxygens (including phenoxy) is 1. The van der Waals surface area contributed by atoms with Crippen LogP contribution in [0.15, 0.2) is 65.7 Å². The number of anilines is 1. The van der Waals surface area contributed by atoms with Gasteiger partial charge in [-0.1, -0.05) is 18.2 Å². The number of carbonyl (C=O) groups excluding carboxylic acids is 1. The van der Waals surface area contributed by atoms with Gasteiger partial charge in [-0.05, 0) is 53.9 Å². The minimum atomic E-state index is -3.49. The van der Waals surface area contributed by atoms with E-state index in [4.69, 9.17) is 9.72 Å². The molecule has 2 aliphatic heterocycles. The van der Waals surface area contributed by atoms with Crippen LogP contribution in [0.5, 0.6) is 0 Å². The number of rotatable bonds is 4. The number of pyridine rings is 2. The van der Waals surface area contributed by atoms with Gasteiger partial charge in [-0.25, -0.2) is 13.4 Å². The Balaban J connectivity index is 1.22. The summed E-state index contributed by atoms with van der Waals surface area (Å²) in [5.74, 6) is -0.461. The Labute approximate surface area is 215 Å². The molecule has 188 valence electrons. The number of amides is 1. The molecule has 0 unspecified atom stereocenters. The van der Waals surface area contributed by atoms with Crippen molar-refractivity contribution in [1.29, 1.82) is 0 Å². The van der Waals surface area contributed by atoms with Gasteiger partial charge < -0.3 is 15.0 Å². The predicted octanol–water partition coefficient (Wildman–Crippen LogP) is 3.52. The van der Waals surface area contributed by atoms with Crippen molar-refractivity contribution < 1.29 is 17.9 Å². The van der Waals surface area contributed by atoms with Gasteiger partial charge in [0.25, 0.3) is 5.91 Å². The Bertz CT molecular complexity index is 1650. The lowest BCUT2D eigenvalue weighted by Crippen LogP contribution is -2.23. The highest BCUT2D eigenvalue weighted by Gasteiger charge is 2.24. The zero-order valence-electron chi connectivity index (χ0n) is 20.4. The van der Waals surface area contributed by atoms with Crippen molar-refractivity contribution in [3.05, 3.63) is 83.2 Å². The molecule has 0 radical (unpaired) electrons. The summed E-state index contributed by atoms with van der Waals surface area (Å²) in [7, 11) is -1.38. The van der Waals surface area contributed by atoms with Gasteiger partial charge in [0, 0.05) is 42.0 Å². The third kappa shape index (κ3) is 4.56. The Kier molecular flexibility index (Phi) is 5.89. The van der Waals surface area contributed by atoms with Gasteiger partial charge >= 0.3 is 0 Å². The number of nitrogens with one attached hydrogen (secondary N) is 1. The zero-order valence-corrected chi connectivity index (χ0v) is 21.2. The first-order valence-corrected chi connectivity index (χ1v) is 13.8. The molecule has 4 aromatic rings. The van der Waals surface area contributed by atoms with E-state index in [0.717, 1.165) is 35.1 Å². The summed E-state index contributed by atoms with van der Waals surface area (Å²) in [6.45, 7) is 1.58. The van der Waals surface area contributed by atoms with Crippen molar-refractivity contribution in [1.82, 2.24) is 15.3 Å². The standard InChI is InChI=1S/C28H26N4O4S/c1-32-9-8-18-2-3-19(12-26(18)32)24-7-6-21-15-29-23(14-25(21)31-24)16-30-28(33)20-4-5-22-17-36-10-11-37(34,35)27(22)13-20/h2-7,12-15H,8-11,16-17H2,1H3,(H,30,33). The molecular formula is C28H26N4O4S. The molecule has 6 rings (SSSR count). The SMILES string of the molecule is CN1CCc2ccc(-c3ccc4cnc(CNC(=O)c5ccc6c(c5)S(=O)(=O)CCOC6)cc4n3)cc21. The third-order valence-corrected chi connectivity index (χ3v) is 8.74. The first kappa shape index (κ1) is 23.6. The zero-order chi connectivity index (χ0) is 25.6. The second-order valence-corrected chi connectivity index (χ2v) is 11.5. The Morgan fingerprint density at radius 1 is 1.08 bits per heavy atom. The molecule has 0 spiro atoms.